The predicted octanol–water partition coefficient (Wildman–Crippen LogP) is 3.94. The average Bonchev–Trinajstić information content (AvgIpc) is 3.24. The highest BCUT2D eigenvalue weighted by Crippen LogP contribution is 2.30. The number of likely N-dealkylation sites (tertiary alicyclic amines) is 1. The summed E-state index contributed by atoms with van der Waals surface area (Å²) in [6, 6.07) is 6.73. The molecule has 1 saturated heterocycles. The molecule has 0 atom stereocenters. The van der Waals surface area contributed by atoms with Crippen molar-refractivity contribution >= 4 is 17.2 Å². The third-order valence-corrected chi connectivity index (χ3v) is 4.76. The maximum absolute atomic E-state index is 12.4. The summed E-state index contributed by atoms with van der Waals surface area (Å²) in [5.74, 6) is 0.280. The molecule has 0 unspecified atom stereocenters. The Labute approximate surface area is 155 Å². The first-order chi connectivity index (χ1) is 12.9. The number of carbonyl (C=O) groups excluding carboxylic acids is 1. The van der Waals surface area contributed by atoms with Gasteiger partial charge in [-0.3, -0.25) is 4.79 Å². The maximum atomic E-state index is 12.4. The van der Waals surface area contributed by atoms with Gasteiger partial charge in [-0.25, -0.2) is 0 Å². The third kappa shape index (κ3) is 3.80. The van der Waals surface area contributed by atoms with Crippen LogP contribution in [0, 0.1) is 0 Å². The summed E-state index contributed by atoms with van der Waals surface area (Å²) in [4.78, 5) is 18.3. The van der Waals surface area contributed by atoms with E-state index in [4.69, 9.17) is 4.52 Å². The first-order valence-electron chi connectivity index (χ1n) is 7.90. The summed E-state index contributed by atoms with van der Waals surface area (Å²) in [7, 11) is 0. The van der Waals surface area contributed by atoms with Crippen LogP contribution in [0.3, 0.4) is 0 Å². The van der Waals surface area contributed by atoms with E-state index in [1.54, 1.807) is 4.90 Å². The zero-order valence-corrected chi connectivity index (χ0v) is 14.5. The molecule has 2 aromatic heterocycles. The molecule has 140 valence electrons. The number of aromatic nitrogens is 2. The second-order valence-electron chi connectivity index (χ2n) is 5.95. The number of hydrogen-bond acceptors (Lipinski definition) is 6. The van der Waals surface area contributed by atoms with Gasteiger partial charge in [0.1, 0.15) is 5.75 Å². The number of amides is 1. The Morgan fingerprint density at radius 1 is 1.22 bits per heavy atom. The molecule has 0 N–H and O–H groups in total. The Balaban J connectivity index is 1.36. The minimum Gasteiger partial charge on any atom is -0.406 e. The van der Waals surface area contributed by atoms with Crippen molar-refractivity contribution in [2.24, 2.45) is 0 Å². The van der Waals surface area contributed by atoms with E-state index in [-0.39, 0.29) is 23.1 Å². The van der Waals surface area contributed by atoms with E-state index < -0.39 is 6.36 Å². The molecule has 6 nitrogen and oxygen atoms in total. The summed E-state index contributed by atoms with van der Waals surface area (Å²) in [6.45, 7) is 0.815. The Hall–Kier alpha value is -2.88. The van der Waals surface area contributed by atoms with Crippen LogP contribution >= 0.6 is 11.3 Å². The van der Waals surface area contributed by atoms with E-state index in [2.05, 4.69) is 14.9 Å². The first kappa shape index (κ1) is 17.5. The monoisotopic (exact) mass is 395 g/mol. The van der Waals surface area contributed by atoms with Gasteiger partial charge >= 0.3 is 6.36 Å². The van der Waals surface area contributed by atoms with E-state index in [0.29, 0.717) is 24.8 Å². The molecular formula is C17H12F3N3O3S. The molecule has 3 heterocycles. The summed E-state index contributed by atoms with van der Waals surface area (Å²) < 4.78 is 45.6. The highest BCUT2D eigenvalue weighted by molar-refractivity contribution is 7.08. The van der Waals surface area contributed by atoms with Gasteiger partial charge in [-0.2, -0.15) is 16.3 Å². The molecule has 1 aliphatic rings. The van der Waals surface area contributed by atoms with Crippen LogP contribution in [0.2, 0.25) is 0 Å². The molecule has 3 aromatic rings. The summed E-state index contributed by atoms with van der Waals surface area (Å²) in [6.07, 6.45) is -4.76. The van der Waals surface area contributed by atoms with Gasteiger partial charge in [0, 0.05) is 29.6 Å². The second-order valence-corrected chi connectivity index (χ2v) is 6.73. The van der Waals surface area contributed by atoms with Crippen molar-refractivity contribution in [3.63, 3.8) is 0 Å². The Morgan fingerprint density at radius 3 is 2.59 bits per heavy atom. The minimum atomic E-state index is -4.76. The molecule has 1 amide bonds. The number of rotatable bonds is 4. The smallest absolute Gasteiger partial charge is 0.406 e. The zero-order valence-electron chi connectivity index (χ0n) is 13.6. The quantitative estimate of drug-likeness (QED) is 0.669. The predicted molar refractivity (Wildman–Crippen MR) is 89.4 cm³/mol. The second kappa shape index (κ2) is 6.69. The summed E-state index contributed by atoms with van der Waals surface area (Å²) in [5, 5.41) is 7.77. The number of alkyl halides is 3. The zero-order chi connectivity index (χ0) is 19.0. The van der Waals surface area contributed by atoms with E-state index >= 15 is 0 Å². The summed E-state index contributed by atoms with van der Waals surface area (Å²) in [5.41, 5.74) is 1.16. The van der Waals surface area contributed by atoms with Crippen molar-refractivity contribution in [1.29, 1.82) is 0 Å². The van der Waals surface area contributed by atoms with Crippen LogP contribution in [0.5, 0.6) is 5.75 Å². The molecule has 0 radical (unpaired) electrons. The van der Waals surface area contributed by atoms with Crippen LogP contribution in [0.1, 0.15) is 22.2 Å². The lowest BCUT2D eigenvalue weighted by atomic mass is 9.98. The lowest BCUT2D eigenvalue weighted by molar-refractivity contribution is -0.274. The van der Waals surface area contributed by atoms with Crippen LogP contribution in [0.25, 0.3) is 11.4 Å². The van der Waals surface area contributed by atoms with Crippen molar-refractivity contribution < 1.29 is 27.2 Å². The van der Waals surface area contributed by atoms with Crippen LogP contribution in [0.4, 0.5) is 13.2 Å². The molecule has 27 heavy (non-hydrogen) atoms. The number of ether oxygens (including phenoxy) is 1. The van der Waals surface area contributed by atoms with E-state index in [1.165, 1.54) is 23.5 Å². The summed E-state index contributed by atoms with van der Waals surface area (Å²) >= 11 is 1.53. The molecule has 1 aliphatic heterocycles. The topological polar surface area (TPSA) is 68.5 Å². The molecule has 0 bridgehead atoms. The Kier molecular flexibility index (Phi) is 4.34. The number of thiophene rings is 1. The van der Waals surface area contributed by atoms with Crippen LogP contribution in [-0.2, 0) is 0 Å². The van der Waals surface area contributed by atoms with Gasteiger partial charge in [0.25, 0.3) is 5.91 Å². The molecule has 0 spiro atoms. The largest absolute Gasteiger partial charge is 0.573 e. The van der Waals surface area contributed by atoms with E-state index in [9.17, 15) is 18.0 Å². The molecule has 0 aliphatic carbocycles. The lowest BCUT2D eigenvalue weighted by Crippen LogP contribution is -2.48. The van der Waals surface area contributed by atoms with E-state index in [0.717, 1.165) is 17.7 Å². The Bertz CT molecular complexity index is 932. The van der Waals surface area contributed by atoms with Crippen LogP contribution in [-0.4, -0.2) is 40.4 Å². The van der Waals surface area contributed by atoms with Crippen molar-refractivity contribution in [2.45, 2.75) is 12.3 Å². The van der Waals surface area contributed by atoms with Crippen molar-refractivity contribution in [3.05, 3.63) is 52.5 Å². The molecule has 4 rings (SSSR count). The van der Waals surface area contributed by atoms with Crippen molar-refractivity contribution in [2.75, 3.05) is 13.1 Å². The SMILES string of the molecule is O=C(c1ccc(OC(F)(F)F)cc1)N1CC(c2nc(-c3ccsc3)no2)C1. The lowest BCUT2D eigenvalue weighted by Gasteiger charge is -2.37. The number of hydrogen-bond donors (Lipinski definition) is 0. The van der Waals surface area contributed by atoms with E-state index in [1.807, 2.05) is 16.8 Å². The number of carbonyl (C=O) groups is 1. The fourth-order valence-corrected chi connectivity index (χ4v) is 3.33. The molecule has 1 fully saturated rings. The highest BCUT2D eigenvalue weighted by Gasteiger charge is 2.36. The Morgan fingerprint density at radius 2 is 1.96 bits per heavy atom. The van der Waals surface area contributed by atoms with Crippen molar-refractivity contribution in [3.8, 4) is 17.1 Å². The molecule has 0 saturated carbocycles. The maximum Gasteiger partial charge on any atom is 0.573 e. The first-order valence-corrected chi connectivity index (χ1v) is 8.84. The molecular weight excluding hydrogens is 383 g/mol. The van der Waals surface area contributed by atoms with Gasteiger partial charge in [0.2, 0.25) is 11.7 Å². The van der Waals surface area contributed by atoms with Gasteiger partial charge < -0.3 is 14.2 Å². The van der Waals surface area contributed by atoms with Crippen molar-refractivity contribution in [1.82, 2.24) is 15.0 Å². The number of nitrogens with zero attached hydrogens (tertiary/aromatic N) is 3. The number of halogens is 3. The standard InChI is InChI=1S/C17H12F3N3O3S/c18-17(19,20)25-13-3-1-10(2-4-13)16(24)23-7-12(8-23)15-21-14(22-26-15)11-5-6-27-9-11/h1-6,9,12H,7-8H2. The van der Waals surface area contributed by atoms with Gasteiger partial charge in [-0.05, 0) is 35.7 Å². The van der Waals surface area contributed by atoms with Gasteiger partial charge in [0.15, 0.2) is 0 Å². The fraction of sp³-hybridized carbons (Fsp3) is 0.235. The van der Waals surface area contributed by atoms with Gasteiger partial charge in [-0.1, -0.05) is 5.16 Å². The fourth-order valence-electron chi connectivity index (χ4n) is 2.69. The van der Waals surface area contributed by atoms with Crippen LogP contribution < -0.4 is 4.74 Å². The number of benzene rings is 1. The van der Waals surface area contributed by atoms with Gasteiger partial charge in [-0.15, -0.1) is 13.2 Å². The highest BCUT2D eigenvalue weighted by atomic mass is 32.1. The normalized spacial score (nSPS) is 14.9. The van der Waals surface area contributed by atoms with Crippen LogP contribution in [0.15, 0.2) is 45.6 Å². The molecule has 1 aromatic carbocycles. The van der Waals surface area contributed by atoms with Gasteiger partial charge in [0.05, 0.1) is 5.92 Å². The average molecular weight is 395 g/mol. The minimum absolute atomic E-state index is 0.0540. The molecule has 10 heteroatoms. The third-order valence-electron chi connectivity index (χ3n) is 4.07.